The lowest BCUT2D eigenvalue weighted by molar-refractivity contribution is 0.189. The Hall–Kier alpha value is -1.46. The number of benzene rings is 1. The van der Waals surface area contributed by atoms with Crippen LogP contribution in [-0.2, 0) is 0 Å². The van der Waals surface area contributed by atoms with E-state index < -0.39 is 0 Å². The molecule has 102 valence electrons. The van der Waals surface area contributed by atoms with Gasteiger partial charge in [-0.05, 0) is 14.1 Å². The van der Waals surface area contributed by atoms with Crippen LogP contribution >= 0.6 is 0 Å². The summed E-state index contributed by atoms with van der Waals surface area (Å²) in [5, 5.41) is 0. The molecule has 0 heterocycles. The van der Waals surface area contributed by atoms with Gasteiger partial charge in [0.2, 0.25) is 0 Å². The molecule has 0 saturated heterocycles. The zero-order valence-electron chi connectivity index (χ0n) is 11.5. The molecule has 0 amide bonds. The molecule has 18 heavy (non-hydrogen) atoms. The predicted molar refractivity (Wildman–Crippen MR) is 71.6 cm³/mol. The van der Waals surface area contributed by atoms with Crippen molar-refractivity contribution in [2.45, 2.75) is 6.04 Å². The second kappa shape index (κ2) is 7.08. The first-order valence-corrected chi connectivity index (χ1v) is 5.83. The average molecular weight is 254 g/mol. The number of nitrogens with zero attached hydrogens (tertiary/aromatic N) is 1. The highest BCUT2D eigenvalue weighted by Gasteiger charge is 2.11. The fraction of sp³-hybridized carbons (Fsp3) is 0.538. The first kappa shape index (κ1) is 14.6. The van der Waals surface area contributed by atoms with Crippen molar-refractivity contribution in [1.82, 2.24) is 4.90 Å². The van der Waals surface area contributed by atoms with Crippen molar-refractivity contribution in [3.8, 4) is 17.2 Å². The number of methoxy groups -OCH3 is 2. The van der Waals surface area contributed by atoms with Gasteiger partial charge in [-0.3, -0.25) is 0 Å². The van der Waals surface area contributed by atoms with Crippen LogP contribution in [0.15, 0.2) is 18.2 Å². The van der Waals surface area contributed by atoms with E-state index in [0.29, 0.717) is 30.4 Å². The largest absolute Gasteiger partial charge is 0.496 e. The fourth-order valence-corrected chi connectivity index (χ4v) is 1.49. The van der Waals surface area contributed by atoms with E-state index in [1.807, 2.05) is 31.1 Å². The Morgan fingerprint density at radius 1 is 1.06 bits per heavy atom. The molecule has 1 rings (SSSR count). The molecule has 0 aromatic heterocycles. The molecule has 0 radical (unpaired) electrons. The maximum absolute atomic E-state index is 5.72. The minimum atomic E-state index is 0.183. The van der Waals surface area contributed by atoms with Crippen molar-refractivity contribution in [1.29, 1.82) is 0 Å². The molecule has 0 spiro atoms. The quantitative estimate of drug-likeness (QED) is 0.786. The number of rotatable bonds is 7. The minimum absolute atomic E-state index is 0.183. The Balaban J connectivity index is 2.71. The Bertz CT molecular complexity index is 347. The van der Waals surface area contributed by atoms with E-state index in [0.717, 1.165) is 0 Å². The Labute approximate surface area is 108 Å². The van der Waals surface area contributed by atoms with Crippen molar-refractivity contribution < 1.29 is 14.2 Å². The van der Waals surface area contributed by atoms with Crippen LogP contribution in [0.25, 0.3) is 0 Å². The average Bonchev–Trinajstić information content (AvgIpc) is 2.38. The van der Waals surface area contributed by atoms with Crippen LogP contribution in [0.5, 0.6) is 17.2 Å². The summed E-state index contributed by atoms with van der Waals surface area (Å²) in [6.45, 7) is 1.08. The summed E-state index contributed by atoms with van der Waals surface area (Å²) < 4.78 is 16.1. The Morgan fingerprint density at radius 3 is 1.94 bits per heavy atom. The van der Waals surface area contributed by atoms with Crippen LogP contribution in [0.2, 0.25) is 0 Å². The third-order valence-corrected chi connectivity index (χ3v) is 2.77. The topological polar surface area (TPSA) is 57.0 Å². The van der Waals surface area contributed by atoms with Gasteiger partial charge in [-0.25, -0.2) is 0 Å². The van der Waals surface area contributed by atoms with E-state index in [4.69, 9.17) is 19.9 Å². The van der Waals surface area contributed by atoms with Crippen LogP contribution in [-0.4, -0.2) is 52.4 Å². The summed E-state index contributed by atoms with van der Waals surface area (Å²) in [6.07, 6.45) is 0. The second-order valence-electron chi connectivity index (χ2n) is 4.21. The third kappa shape index (κ3) is 4.09. The normalized spacial score (nSPS) is 12.3. The van der Waals surface area contributed by atoms with E-state index in [1.54, 1.807) is 20.3 Å². The van der Waals surface area contributed by atoms with E-state index >= 15 is 0 Å². The molecule has 5 nitrogen and oxygen atoms in total. The van der Waals surface area contributed by atoms with Gasteiger partial charge < -0.3 is 24.8 Å². The second-order valence-corrected chi connectivity index (χ2v) is 4.21. The molecule has 1 atom stereocenters. The number of likely N-dealkylation sites (N-methyl/N-ethyl adjacent to an activating group) is 1. The number of hydrogen-bond donors (Lipinski definition) is 1. The first-order valence-electron chi connectivity index (χ1n) is 5.83. The third-order valence-electron chi connectivity index (χ3n) is 2.77. The summed E-state index contributed by atoms with van der Waals surface area (Å²) in [6, 6.07) is 5.64. The first-order chi connectivity index (χ1) is 8.60. The molecule has 0 aliphatic heterocycles. The monoisotopic (exact) mass is 254 g/mol. The predicted octanol–water partition coefficient (Wildman–Crippen LogP) is 0.972. The van der Waals surface area contributed by atoms with Crippen LogP contribution in [0, 0.1) is 0 Å². The Kier molecular flexibility index (Phi) is 5.74. The maximum Gasteiger partial charge on any atom is 0.126 e. The maximum atomic E-state index is 5.72. The summed E-state index contributed by atoms with van der Waals surface area (Å²) in [4.78, 5) is 2.04. The minimum Gasteiger partial charge on any atom is -0.496 e. The highest BCUT2D eigenvalue weighted by Crippen LogP contribution is 2.27. The van der Waals surface area contributed by atoms with Crippen LogP contribution in [0.3, 0.4) is 0 Å². The van der Waals surface area contributed by atoms with Gasteiger partial charge in [-0.1, -0.05) is 0 Å². The molecule has 1 aromatic rings. The number of nitrogens with two attached hydrogens (primary N) is 1. The highest BCUT2D eigenvalue weighted by molar-refractivity contribution is 5.42. The highest BCUT2D eigenvalue weighted by atomic mass is 16.5. The molecule has 1 aromatic carbocycles. The van der Waals surface area contributed by atoms with E-state index in [2.05, 4.69) is 0 Å². The SMILES string of the molecule is COc1cc(OC)cc(OCC(CN)N(C)C)c1. The van der Waals surface area contributed by atoms with E-state index in [9.17, 15) is 0 Å². The molecule has 0 aliphatic rings. The molecular formula is C13H22N2O3. The van der Waals surface area contributed by atoms with Gasteiger partial charge in [0.1, 0.15) is 23.9 Å². The van der Waals surface area contributed by atoms with Gasteiger partial charge in [0.05, 0.1) is 20.3 Å². The van der Waals surface area contributed by atoms with Crippen LogP contribution in [0.4, 0.5) is 0 Å². The zero-order valence-corrected chi connectivity index (χ0v) is 11.5. The van der Waals surface area contributed by atoms with Gasteiger partial charge in [-0.2, -0.15) is 0 Å². The van der Waals surface area contributed by atoms with E-state index in [1.165, 1.54) is 0 Å². The summed E-state index contributed by atoms with van der Waals surface area (Å²) >= 11 is 0. The molecule has 0 bridgehead atoms. The molecular weight excluding hydrogens is 232 g/mol. The zero-order chi connectivity index (χ0) is 13.5. The van der Waals surface area contributed by atoms with Crippen molar-refractivity contribution in [3.05, 3.63) is 18.2 Å². The molecule has 1 unspecified atom stereocenters. The molecule has 0 fully saturated rings. The lowest BCUT2D eigenvalue weighted by Crippen LogP contribution is -2.39. The standard InChI is InChI=1S/C13H22N2O3/c1-15(2)10(8-14)9-18-13-6-11(16-3)5-12(7-13)17-4/h5-7,10H,8-9,14H2,1-4H3. The number of ether oxygens (including phenoxy) is 3. The smallest absolute Gasteiger partial charge is 0.126 e. The Morgan fingerprint density at radius 2 is 1.56 bits per heavy atom. The van der Waals surface area contributed by atoms with Crippen molar-refractivity contribution >= 4 is 0 Å². The summed E-state index contributed by atoms with van der Waals surface area (Å²) in [5.41, 5.74) is 5.68. The van der Waals surface area contributed by atoms with Gasteiger partial charge in [0.25, 0.3) is 0 Å². The molecule has 5 heteroatoms. The summed E-state index contributed by atoms with van der Waals surface area (Å²) in [5.74, 6) is 2.13. The lowest BCUT2D eigenvalue weighted by atomic mass is 10.3. The fourth-order valence-electron chi connectivity index (χ4n) is 1.49. The van der Waals surface area contributed by atoms with Gasteiger partial charge in [0.15, 0.2) is 0 Å². The molecule has 0 saturated carbocycles. The summed E-state index contributed by atoms with van der Waals surface area (Å²) in [7, 11) is 7.18. The van der Waals surface area contributed by atoms with Crippen LogP contribution in [0.1, 0.15) is 0 Å². The van der Waals surface area contributed by atoms with Crippen LogP contribution < -0.4 is 19.9 Å². The van der Waals surface area contributed by atoms with Gasteiger partial charge >= 0.3 is 0 Å². The van der Waals surface area contributed by atoms with E-state index in [-0.39, 0.29) is 6.04 Å². The van der Waals surface area contributed by atoms with Crippen molar-refractivity contribution in [2.75, 3.05) is 41.5 Å². The van der Waals surface area contributed by atoms with Crippen molar-refractivity contribution in [2.24, 2.45) is 5.73 Å². The van der Waals surface area contributed by atoms with Gasteiger partial charge in [-0.15, -0.1) is 0 Å². The van der Waals surface area contributed by atoms with Gasteiger partial charge in [0, 0.05) is 24.7 Å². The van der Waals surface area contributed by atoms with Crippen molar-refractivity contribution in [3.63, 3.8) is 0 Å². The molecule has 2 N–H and O–H groups in total. The number of hydrogen-bond acceptors (Lipinski definition) is 5. The lowest BCUT2D eigenvalue weighted by Gasteiger charge is -2.22. The molecule has 0 aliphatic carbocycles.